The molecular weight excluding hydrogens is 165 g/mol. The van der Waals surface area contributed by atoms with Crippen LogP contribution in [0.1, 0.15) is 0 Å². The summed E-state index contributed by atoms with van der Waals surface area (Å²) in [5, 5.41) is 1.97. The van der Waals surface area contributed by atoms with Crippen molar-refractivity contribution in [2.75, 3.05) is 5.88 Å². The van der Waals surface area contributed by atoms with Crippen molar-refractivity contribution in [2.24, 2.45) is 0 Å². The van der Waals surface area contributed by atoms with Gasteiger partial charge in [0.2, 0.25) is 0 Å². The first-order chi connectivity index (χ1) is 3.80. The van der Waals surface area contributed by atoms with Crippen molar-refractivity contribution in [1.82, 2.24) is 4.90 Å². The number of alkyl halides is 2. The van der Waals surface area contributed by atoms with Crippen LogP contribution in [0.4, 0.5) is 0 Å². The predicted molar refractivity (Wildman–Crippen MR) is 38.9 cm³/mol. The van der Waals surface area contributed by atoms with Gasteiger partial charge >= 0.3 is 0 Å². The molecule has 1 aliphatic heterocycles. The Morgan fingerprint density at radius 3 is 2.62 bits per heavy atom. The number of hydrogen-bond donors (Lipinski definition) is 0. The van der Waals surface area contributed by atoms with Gasteiger partial charge in [-0.1, -0.05) is 23.2 Å². The largest absolute Gasteiger partial charge is 0.339 e. The second-order valence-electron chi connectivity index (χ2n) is 1.37. The molecule has 0 spiro atoms. The summed E-state index contributed by atoms with van der Waals surface area (Å²) in [6.45, 7) is 0. The minimum Gasteiger partial charge on any atom is -0.339 e. The Morgan fingerprint density at radius 2 is 2.38 bits per heavy atom. The zero-order chi connectivity index (χ0) is 5.98. The van der Waals surface area contributed by atoms with Gasteiger partial charge in [0.25, 0.3) is 0 Å². The molecule has 4 heteroatoms. The SMILES string of the molecule is ClC(Cl)N1C=CSC1. The number of rotatable bonds is 1. The zero-order valence-electron chi connectivity index (χ0n) is 4.05. The van der Waals surface area contributed by atoms with E-state index >= 15 is 0 Å². The molecule has 46 valence electrons. The lowest BCUT2D eigenvalue weighted by atomic mass is 10.9. The van der Waals surface area contributed by atoms with Crippen LogP contribution in [0.25, 0.3) is 0 Å². The normalized spacial score (nSPS) is 18.6. The van der Waals surface area contributed by atoms with Gasteiger partial charge in [-0.2, -0.15) is 0 Å². The molecule has 0 aliphatic carbocycles. The highest BCUT2D eigenvalue weighted by molar-refractivity contribution is 8.02. The zero-order valence-corrected chi connectivity index (χ0v) is 6.38. The molecule has 8 heavy (non-hydrogen) atoms. The molecule has 0 bridgehead atoms. The first-order valence-corrected chi connectivity index (χ1v) is 4.05. The lowest BCUT2D eigenvalue weighted by Crippen LogP contribution is -2.17. The summed E-state index contributed by atoms with van der Waals surface area (Å²) < 4.78 is 0. The van der Waals surface area contributed by atoms with Crippen LogP contribution in [0.3, 0.4) is 0 Å². The van der Waals surface area contributed by atoms with E-state index in [1.807, 2.05) is 16.5 Å². The molecule has 0 amide bonds. The Labute approximate surface area is 62.6 Å². The van der Waals surface area contributed by atoms with Crippen molar-refractivity contribution < 1.29 is 0 Å². The molecule has 0 fully saturated rings. The van der Waals surface area contributed by atoms with E-state index in [0.29, 0.717) is 0 Å². The molecule has 0 saturated heterocycles. The molecule has 0 unspecified atom stereocenters. The lowest BCUT2D eigenvalue weighted by molar-refractivity contribution is 0.492. The predicted octanol–water partition coefficient (Wildman–Crippen LogP) is 2.23. The lowest BCUT2D eigenvalue weighted by Gasteiger charge is -2.13. The van der Waals surface area contributed by atoms with Crippen LogP contribution in [-0.2, 0) is 0 Å². The Bertz CT molecular complexity index is 104. The van der Waals surface area contributed by atoms with Crippen LogP contribution in [0.5, 0.6) is 0 Å². The third kappa shape index (κ3) is 1.47. The molecule has 1 aliphatic rings. The summed E-state index contributed by atoms with van der Waals surface area (Å²) in [6.07, 6.45) is 1.88. The van der Waals surface area contributed by atoms with Gasteiger partial charge in [-0.25, -0.2) is 0 Å². The molecule has 0 aromatic heterocycles. The van der Waals surface area contributed by atoms with Crippen molar-refractivity contribution in [3.05, 3.63) is 11.6 Å². The summed E-state index contributed by atoms with van der Waals surface area (Å²) in [7, 11) is 0. The topological polar surface area (TPSA) is 3.24 Å². The third-order valence-corrected chi connectivity index (χ3v) is 2.09. The fraction of sp³-hybridized carbons (Fsp3) is 0.500. The van der Waals surface area contributed by atoms with Gasteiger partial charge in [-0.3, -0.25) is 0 Å². The molecule has 0 radical (unpaired) electrons. The molecule has 0 N–H and O–H groups in total. The molecule has 1 rings (SSSR count). The summed E-state index contributed by atoms with van der Waals surface area (Å²) in [5.74, 6) is 0.873. The average Bonchev–Trinajstić information content (AvgIpc) is 2.12. The maximum absolute atomic E-state index is 5.51. The van der Waals surface area contributed by atoms with E-state index < -0.39 is 0 Å². The van der Waals surface area contributed by atoms with Crippen molar-refractivity contribution in [3.8, 4) is 0 Å². The van der Waals surface area contributed by atoms with E-state index in [0.717, 1.165) is 5.88 Å². The van der Waals surface area contributed by atoms with Crippen LogP contribution < -0.4 is 0 Å². The van der Waals surface area contributed by atoms with Gasteiger partial charge in [0.05, 0.1) is 5.88 Å². The average molecular weight is 170 g/mol. The van der Waals surface area contributed by atoms with Crippen LogP contribution in [-0.4, -0.2) is 15.7 Å². The molecule has 0 aromatic rings. The monoisotopic (exact) mass is 169 g/mol. The molecule has 0 atom stereocenters. The fourth-order valence-electron chi connectivity index (χ4n) is 0.415. The maximum Gasteiger partial charge on any atom is 0.180 e. The molecular formula is C4H5Cl2NS. The van der Waals surface area contributed by atoms with Crippen molar-refractivity contribution in [2.45, 2.75) is 4.96 Å². The van der Waals surface area contributed by atoms with E-state index in [1.54, 1.807) is 11.8 Å². The Balaban J connectivity index is 2.36. The van der Waals surface area contributed by atoms with Gasteiger partial charge < -0.3 is 4.90 Å². The minimum absolute atomic E-state index is 0.388. The van der Waals surface area contributed by atoms with Crippen molar-refractivity contribution in [1.29, 1.82) is 0 Å². The number of halogens is 2. The van der Waals surface area contributed by atoms with Gasteiger partial charge in [0.1, 0.15) is 0 Å². The van der Waals surface area contributed by atoms with Crippen LogP contribution in [0.15, 0.2) is 11.6 Å². The minimum atomic E-state index is -0.388. The van der Waals surface area contributed by atoms with E-state index in [2.05, 4.69) is 0 Å². The Morgan fingerprint density at radius 1 is 1.62 bits per heavy atom. The number of nitrogens with zero attached hydrogens (tertiary/aromatic N) is 1. The Kier molecular flexibility index (Phi) is 2.35. The smallest absolute Gasteiger partial charge is 0.180 e. The summed E-state index contributed by atoms with van der Waals surface area (Å²) in [4.78, 5) is 1.45. The number of hydrogen-bond acceptors (Lipinski definition) is 2. The highest BCUT2D eigenvalue weighted by Crippen LogP contribution is 2.21. The van der Waals surface area contributed by atoms with Gasteiger partial charge in [-0.05, 0) is 5.41 Å². The summed E-state index contributed by atoms with van der Waals surface area (Å²) in [5.41, 5.74) is 0. The van der Waals surface area contributed by atoms with Crippen LogP contribution >= 0.6 is 35.0 Å². The summed E-state index contributed by atoms with van der Waals surface area (Å²) >= 11 is 12.7. The highest BCUT2D eigenvalue weighted by Gasteiger charge is 2.10. The van der Waals surface area contributed by atoms with E-state index in [1.165, 1.54) is 0 Å². The molecule has 0 saturated carbocycles. The van der Waals surface area contributed by atoms with E-state index in [4.69, 9.17) is 23.2 Å². The van der Waals surface area contributed by atoms with Crippen molar-refractivity contribution in [3.63, 3.8) is 0 Å². The molecule has 1 heterocycles. The highest BCUT2D eigenvalue weighted by atomic mass is 35.5. The maximum atomic E-state index is 5.51. The van der Waals surface area contributed by atoms with Crippen molar-refractivity contribution >= 4 is 35.0 Å². The quantitative estimate of drug-likeness (QED) is 0.438. The third-order valence-electron chi connectivity index (χ3n) is 0.823. The van der Waals surface area contributed by atoms with Crippen LogP contribution in [0.2, 0.25) is 0 Å². The molecule has 0 aromatic carbocycles. The van der Waals surface area contributed by atoms with Gasteiger partial charge in [0, 0.05) is 6.20 Å². The van der Waals surface area contributed by atoms with E-state index in [9.17, 15) is 0 Å². The second kappa shape index (κ2) is 2.85. The summed E-state index contributed by atoms with van der Waals surface area (Å²) in [6, 6.07) is 0. The van der Waals surface area contributed by atoms with E-state index in [-0.39, 0.29) is 4.96 Å². The Hall–Kier alpha value is 0.470. The standard InChI is InChI=1S/C4H5Cl2NS/c5-4(6)7-1-2-8-3-7/h1-2,4H,3H2. The molecule has 1 nitrogen and oxygen atoms in total. The first-order valence-electron chi connectivity index (χ1n) is 2.13. The van der Waals surface area contributed by atoms with Gasteiger partial charge in [0.15, 0.2) is 4.96 Å². The number of thioether (sulfide) groups is 1. The van der Waals surface area contributed by atoms with Gasteiger partial charge in [-0.15, -0.1) is 11.8 Å². The first kappa shape index (κ1) is 6.59. The fourth-order valence-corrected chi connectivity index (χ4v) is 1.58. The van der Waals surface area contributed by atoms with Crippen LogP contribution in [0, 0.1) is 0 Å². The second-order valence-corrected chi connectivity index (χ2v) is 3.29.